The lowest BCUT2D eigenvalue weighted by Gasteiger charge is -2.23. The van der Waals surface area contributed by atoms with Crippen LogP contribution in [-0.4, -0.2) is 33.4 Å². The minimum absolute atomic E-state index is 0.0169. The summed E-state index contributed by atoms with van der Waals surface area (Å²) in [5, 5.41) is 0. The van der Waals surface area contributed by atoms with E-state index in [1.165, 1.54) is 0 Å². The summed E-state index contributed by atoms with van der Waals surface area (Å²) in [6, 6.07) is 7.38. The van der Waals surface area contributed by atoms with Crippen molar-refractivity contribution in [2.75, 3.05) is 23.6 Å². The first kappa shape index (κ1) is 16.3. The third-order valence-corrected chi connectivity index (χ3v) is 5.24. The van der Waals surface area contributed by atoms with E-state index in [0.29, 0.717) is 18.8 Å². The number of benzene rings is 1. The predicted molar refractivity (Wildman–Crippen MR) is 84.9 cm³/mol. The second kappa shape index (κ2) is 6.34. The van der Waals surface area contributed by atoms with Crippen LogP contribution in [0.4, 0.5) is 5.69 Å². The third kappa shape index (κ3) is 4.43. The molecule has 0 aromatic heterocycles. The summed E-state index contributed by atoms with van der Waals surface area (Å²) in [5.41, 5.74) is 7.29. The fourth-order valence-electron chi connectivity index (χ4n) is 2.35. The van der Waals surface area contributed by atoms with Crippen molar-refractivity contribution in [1.29, 1.82) is 0 Å². The maximum atomic E-state index is 12.1. The number of nitrogens with two attached hydrogens (primary N) is 1. The zero-order chi connectivity index (χ0) is 15.5. The molecule has 5 nitrogen and oxygen atoms in total. The second-order valence-electron chi connectivity index (χ2n) is 6.18. The molecule has 0 radical (unpaired) electrons. The van der Waals surface area contributed by atoms with E-state index in [1.807, 2.05) is 12.1 Å². The summed E-state index contributed by atoms with van der Waals surface area (Å²) in [7, 11) is -3.37. The van der Waals surface area contributed by atoms with Crippen LogP contribution in [0, 0.1) is 0 Å². The van der Waals surface area contributed by atoms with Crippen LogP contribution in [0.3, 0.4) is 0 Å². The Hall–Kier alpha value is -1.11. The summed E-state index contributed by atoms with van der Waals surface area (Å²) >= 11 is 0. The number of hydrogen-bond acceptors (Lipinski definition) is 4. The molecule has 0 bridgehead atoms. The Morgan fingerprint density at radius 1 is 1.33 bits per heavy atom. The first-order valence-corrected chi connectivity index (χ1v) is 8.90. The van der Waals surface area contributed by atoms with Gasteiger partial charge in [0, 0.05) is 24.3 Å². The number of nitrogens with one attached hydrogen (secondary N) is 1. The van der Waals surface area contributed by atoms with Crippen molar-refractivity contribution in [3.63, 3.8) is 0 Å². The van der Waals surface area contributed by atoms with Gasteiger partial charge in [0.05, 0.1) is 11.9 Å². The lowest BCUT2D eigenvalue weighted by Crippen LogP contribution is -2.28. The van der Waals surface area contributed by atoms with Gasteiger partial charge >= 0.3 is 0 Å². The molecular formula is C15H24N2O3S. The predicted octanol–water partition coefficient (Wildman–Crippen LogP) is 1.84. The van der Waals surface area contributed by atoms with Gasteiger partial charge in [0.2, 0.25) is 10.0 Å². The Morgan fingerprint density at radius 3 is 2.52 bits per heavy atom. The maximum absolute atomic E-state index is 12.1. The standard InChI is InChI=1S/C15H24N2O3S/c1-15(2,11-16)12-5-7-13(8-6-12)17-21(18,19)10-14-4-3-9-20-14/h5-8,14,17H,3-4,9-11,16H2,1-2H3. The Bertz CT molecular complexity index is 561. The second-order valence-corrected chi connectivity index (χ2v) is 7.95. The van der Waals surface area contributed by atoms with Crippen LogP contribution in [0.1, 0.15) is 32.3 Å². The molecule has 1 heterocycles. The van der Waals surface area contributed by atoms with Gasteiger partial charge in [0.15, 0.2) is 0 Å². The molecule has 118 valence electrons. The minimum atomic E-state index is -3.37. The van der Waals surface area contributed by atoms with Crippen molar-refractivity contribution in [2.45, 2.75) is 38.2 Å². The smallest absolute Gasteiger partial charge is 0.235 e. The molecule has 1 aromatic rings. The van der Waals surface area contributed by atoms with E-state index in [0.717, 1.165) is 18.4 Å². The molecule has 1 aliphatic rings. The Labute approximate surface area is 126 Å². The number of rotatable bonds is 6. The van der Waals surface area contributed by atoms with Crippen molar-refractivity contribution in [1.82, 2.24) is 0 Å². The summed E-state index contributed by atoms with van der Waals surface area (Å²) in [5.74, 6) is 0.0169. The zero-order valence-electron chi connectivity index (χ0n) is 12.6. The lowest BCUT2D eigenvalue weighted by atomic mass is 9.85. The molecule has 2 rings (SSSR count). The highest BCUT2D eigenvalue weighted by atomic mass is 32.2. The van der Waals surface area contributed by atoms with E-state index in [9.17, 15) is 8.42 Å². The summed E-state index contributed by atoms with van der Waals surface area (Å²) in [4.78, 5) is 0. The Kier molecular flexibility index (Phi) is 4.91. The van der Waals surface area contributed by atoms with Gasteiger partial charge < -0.3 is 10.5 Å². The van der Waals surface area contributed by atoms with Crippen molar-refractivity contribution in [3.05, 3.63) is 29.8 Å². The highest BCUT2D eigenvalue weighted by Crippen LogP contribution is 2.24. The molecule has 1 aliphatic heterocycles. The van der Waals surface area contributed by atoms with E-state index in [4.69, 9.17) is 10.5 Å². The molecule has 21 heavy (non-hydrogen) atoms. The minimum Gasteiger partial charge on any atom is -0.377 e. The molecule has 3 N–H and O–H groups in total. The van der Waals surface area contributed by atoms with Crippen molar-refractivity contribution in [3.8, 4) is 0 Å². The van der Waals surface area contributed by atoms with E-state index in [2.05, 4.69) is 18.6 Å². The van der Waals surface area contributed by atoms with Crippen LogP contribution in [0.2, 0.25) is 0 Å². The van der Waals surface area contributed by atoms with Gasteiger partial charge in [-0.15, -0.1) is 0 Å². The largest absolute Gasteiger partial charge is 0.377 e. The van der Waals surface area contributed by atoms with E-state index < -0.39 is 10.0 Å². The van der Waals surface area contributed by atoms with Gasteiger partial charge in [-0.25, -0.2) is 8.42 Å². The molecule has 0 spiro atoms. The van der Waals surface area contributed by atoms with Crippen LogP contribution in [0.5, 0.6) is 0 Å². The molecule has 0 aliphatic carbocycles. The first-order chi connectivity index (χ1) is 9.82. The fourth-order valence-corrected chi connectivity index (χ4v) is 3.68. The molecule has 1 atom stereocenters. The van der Waals surface area contributed by atoms with Crippen molar-refractivity contribution >= 4 is 15.7 Å². The Morgan fingerprint density at radius 2 is 2.00 bits per heavy atom. The number of sulfonamides is 1. The topological polar surface area (TPSA) is 81.4 Å². The normalized spacial score (nSPS) is 19.7. The van der Waals surface area contributed by atoms with Crippen LogP contribution in [0.15, 0.2) is 24.3 Å². The van der Waals surface area contributed by atoms with Crippen LogP contribution in [0.25, 0.3) is 0 Å². The van der Waals surface area contributed by atoms with E-state index in [1.54, 1.807) is 12.1 Å². The average Bonchev–Trinajstić information content (AvgIpc) is 2.91. The summed E-state index contributed by atoms with van der Waals surface area (Å²) < 4.78 is 32.1. The molecular weight excluding hydrogens is 288 g/mol. The SMILES string of the molecule is CC(C)(CN)c1ccc(NS(=O)(=O)CC2CCCO2)cc1. The van der Waals surface area contributed by atoms with E-state index in [-0.39, 0.29) is 17.3 Å². The summed E-state index contributed by atoms with van der Waals surface area (Å²) in [6.07, 6.45) is 1.56. The fraction of sp³-hybridized carbons (Fsp3) is 0.600. The van der Waals surface area contributed by atoms with Gasteiger partial charge in [-0.3, -0.25) is 4.72 Å². The molecule has 6 heteroatoms. The number of anilines is 1. The quantitative estimate of drug-likeness (QED) is 0.840. The zero-order valence-corrected chi connectivity index (χ0v) is 13.4. The van der Waals surface area contributed by atoms with Gasteiger partial charge in [-0.2, -0.15) is 0 Å². The van der Waals surface area contributed by atoms with Crippen LogP contribution < -0.4 is 10.5 Å². The van der Waals surface area contributed by atoms with Gasteiger partial charge in [-0.05, 0) is 30.5 Å². The number of hydrogen-bond donors (Lipinski definition) is 2. The van der Waals surface area contributed by atoms with Gasteiger partial charge in [-0.1, -0.05) is 26.0 Å². The number of ether oxygens (including phenoxy) is 1. The molecule has 1 saturated heterocycles. The van der Waals surface area contributed by atoms with Crippen LogP contribution >= 0.6 is 0 Å². The van der Waals surface area contributed by atoms with Crippen LogP contribution in [-0.2, 0) is 20.2 Å². The average molecular weight is 312 g/mol. The Balaban J connectivity index is 2.02. The van der Waals surface area contributed by atoms with Crippen molar-refractivity contribution in [2.24, 2.45) is 5.73 Å². The monoisotopic (exact) mass is 312 g/mol. The molecule has 1 unspecified atom stereocenters. The highest BCUT2D eigenvalue weighted by molar-refractivity contribution is 7.92. The summed E-state index contributed by atoms with van der Waals surface area (Å²) in [6.45, 7) is 5.31. The first-order valence-electron chi connectivity index (χ1n) is 7.25. The molecule has 1 fully saturated rings. The van der Waals surface area contributed by atoms with Gasteiger partial charge in [0.1, 0.15) is 0 Å². The van der Waals surface area contributed by atoms with Crippen molar-refractivity contribution < 1.29 is 13.2 Å². The molecule has 0 amide bonds. The molecule has 0 saturated carbocycles. The van der Waals surface area contributed by atoms with E-state index >= 15 is 0 Å². The highest BCUT2D eigenvalue weighted by Gasteiger charge is 2.23. The maximum Gasteiger partial charge on any atom is 0.235 e. The van der Waals surface area contributed by atoms with Gasteiger partial charge in [0.25, 0.3) is 0 Å². The third-order valence-electron chi connectivity index (χ3n) is 3.88. The lowest BCUT2D eigenvalue weighted by molar-refractivity contribution is 0.127. The molecule has 1 aromatic carbocycles.